The molecule has 3 aromatic rings. The largest absolute Gasteiger partial charge is 0.491 e. The van der Waals surface area contributed by atoms with Crippen LogP contribution in [-0.2, 0) is 12.8 Å². The topological polar surface area (TPSA) is 84.0 Å². The number of benzene rings is 2. The summed E-state index contributed by atoms with van der Waals surface area (Å²) in [6.07, 6.45) is 6.43. The van der Waals surface area contributed by atoms with Crippen molar-refractivity contribution in [3.63, 3.8) is 0 Å². The lowest BCUT2D eigenvalue weighted by molar-refractivity contribution is 0.251. The fourth-order valence-electron chi connectivity index (χ4n) is 5.18. The Morgan fingerprint density at radius 3 is 2.71 bits per heavy atom. The lowest BCUT2D eigenvalue weighted by Gasteiger charge is -2.37. The first-order valence-electron chi connectivity index (χ1n) is 12.5. The van der Waals surface area contributed by atoms with Crippen LogP contribution in [-0.4, -0.2) is 50.3 Å². The van der Waals surface area contributed by atoms with Gasteiger partial charge in [-0.25, -0.2) is 4.79 Å². The first-order valence-corrected chi connectivity index (χ1v) is 12.5. The van der Waals surface area contributed by atoms with Crippen LogP contribution in [0, 0.1) is 0 Å². The third-order valence-corrected chi connectivity index (χ3v) is 6.96. The normalized spacial score (nSPS) is 16.6. The van der Waals surface area contributed by atoms with Gasteiger partial charge in [-0.1, -0.05) is 30.3 Å². The van der Waals surface area contributed by atoms with E-state index in [-0.39, 0.29) is 0 Å². The van der Waals surface area contributed by atoms with Crippen molar-refractivity contribution in [2.45, 2.75) is 38.5 Å². The minimum absolute atomic E-state index is 0.478. The lowest BCUT2D eigenvalue weighted by atomic mass is 10.1. The van der Waals surface area contributed by atoms with Gasteiger partial charge in [-0.3, -0.25) is 10.2 Å². The van der Waals surface area contributed by atoms with Crippen LogP contribution in [0.5, 0.6) is 5.75 Å². The van der Waals surface area contributed by atoms with Crippen molar-refractivity contribution in [2.75, 3.05) is 49.5 Å². The second-order valence-corrected chi connectivity index (χ2v) is 9.25. The molecule has 3 heterocycles. The zero-order valence-electron chi connectivity index (χ0n) is 19.7. The van der Waals surface area contributed by atoms with Crippen molar-refractivity contribution in [3.8, 4) is 5.75 Å². The van der Waals surface area contributed by atoms with Gasteiger partial charge in [-0.05, 0) is 62.8 Å². The highest BCUT2D eigenvalue weighted by Gasteiger charge is 2.22. The van der Waals surface area contributed by atoms with Gasteiger partial charge in [0.1, 0.15) is 11.3 Å². The van der Waals surface area contributed by atoms with Crippen molar-refractivity contribution in [3.05, 3.63) is 53.6 Å². The van der Waals surface area contributed by atoms with Crippen LogP contribution in [0.2, 0.25) is 0 Å². The summed E-state index contributed by atoms with van der Waals surface area (Å²) in [6, 6.07) is 13.9. The van der Waals surface area contributed by atoms with E-state index < -0.39 is 6.03 Å². The molecule has 2 aliphatic heterocycles. The third kappa shape index (κ3) is 4.99. The number of ether oxygens (including phenoxy) is 1. The van der Waals surface area contributed by atoms with E-state index in [1.165, 1.54) is 17.7 Å². The van der Waals surface area contributed by atoms with Crippen molar-refractivity contribution < 1.29 is 13.9 Å². The zero-order valence-corrected chi connectivity index (χ0v) is 19.7. The highest BCUT2D eigenvalue weighted by Crippen LogP contribution is 2.35. The Morgan fingerprint density at radius 1 is 1.00 bits per heavy atom. The highest BCUT2D eigenvalue weighted by molar-refractivity contribution is 5.93. The first kappa shape index (κ1) is 22.6. The zero-order chi connectivity index (χ0) is 23.3. The average molecular weight is 463 g/mol. The van der Waals surface area contributed by atoms with Crippen molar-refractivity contribution >= 4 is 28.6 Å². The summed E-state index contributed by atoms with van der Waals surface area (Å²) in [6.45, 7) is 6.08. The van der Waals surface area contributed by atoms with E-state index in [0.717, 1.165) is 93.7 Å². The maximum atomic E-state index is 11.4. The van der Waals surface area contributed by atoms with Gasteiger partial charge >= 0.3 is 6.03 Å². The molecule has 5 rings (SSSR count). The predicted octanol–water partition coefficient (Wildman–Crippen LogP) is 4.78. The van der Waals surface area contributed by atoms with Crippen molar-refractivity contribution in [1.82, 2.24) is 4.90 Å². The lowest BCUT2D eigenvalue weighted by Crippen LogP contribution is -2.46. The van der Waals surface area contributed by atoms with Crippen LogP contribution < -0.4 is 20.7 Å². The number of furan rings is 1. The van der Waals surface area contributed by atoms with Gasteiger partial charge in [-0.2, -0.15) is 0 Å². The number of nitrogens with two attached hydrogens (primary N) is 1. The van der Waals surface area contributed by atoms with Gasteiger partial charge in [0, 0.05) is 37.1 Å². The Labute approximate surface area is 200 Å². The number of piperazine rings is 1. The summed E-state index contributed by atoms with van der Waals surface area (Å²) in [5.41, 5.74) is 9.77. The summed E-state index contributed by atoms with van der Waals surface area (Å²) in [5, 5.41) is 3.69. The smallest absolute Gasteiger partial charge is 0.318 e. The number of anilines is 2. The molecule has 0 aliphatic carbocycles. The van der Waals surface area contributed by atoms with E-state index in [1.54, 1.807) is 0 Å². The Hall–Kier alpha value is -3.19. The SMILES string of the molecule is NC(=O)Nc1oc2ccccc2c1CCCCN1CCN(c2cccc3c2OCCCC3)CC1. The molecule has 2 amide bonds. The van der Waals surface area contributed by atoms with Crippen LogP contribution in [0.1, 0.15) is 36.8 Å². The van der Waals surface area contributed by atoms with E-state index in [0.29, 0.717) is 5.88 Å². The molecular formula is C27H34N4O3. The van der Waals surface area contributed by atoms with E-state index in [2.05, 4.69) is 33.3 Å². The second-order valence-electron chi connectivity index (χ2n) is 9.25. The maximum Gasteiger partial charge on any atom is 0.318 e. The van der Waals surface area contributed by atoms with E-state index in [4.69, 9.17) is 14.9 Å². The monoisotopic (exact) mass is 462 g/mol. The number of rotatable bonds is 7. The number of primary amides is 1. The quantitative estimate of drug-likeness (QED) is 0.494. The number of nitrogens with zero attached hydrogens (tertiary/aromatic N) is 2. The summed E-state index contributed by atoms with van der Waals surface area (Å²) >= 11 is 0. The second kappa shape index (κ2) is 10.4. The van der Waals surface area contributed by atoms with Crippen molar-refractivity contribution in [2.24, 2.45) is 5.73 Å². The molecular weight excluding hydrogens is 428 g/mol. The van der Waals surface area contributed by atoms with Crippen LogP contribution >= 0.6 is 0 Å². The molecule has 1 saturated heterocycles. The molecule has 2 aliphatic rings. The Morgan fingerprint density at radius 2 is 1.85 bits per heavy atom. The van der Waals surface area contributed by atoms with Gasteiger partial charge in [0.2, 0.25) is 5.88 Å². The number of amides is 2. The molecule has 180 valence electrons. The number of nitrogens with one attached hydrogen (secondary N) is 1. The Bertz CT molecular complexity index is 1130. The molecule has 34 heavy (non-hydrogen) atoms. The Kier molecular flexibility index (Phi) is 6.90. The number of hydrogen-bond acceptors (Lipinski definition) is 5. The molecule has 0 bridgehead atoms. The number of carbonyl (C=O) groups excluding carboxylic acids is 1. The molecule has 0 unspecified atom stereocenters. The van der Waals surface area contributed by atoms with E-state index >= 15 is 0 Å². The predicted molar refractivity (Wildman–Crippen MR) is 136 cm³/mol. The number of unbranched alkanes of at least 4 members (excludes halogenated alkanes) is 1. The number of fused-ring (bicyclic) bond motifs is 2. The highest BCUT2D eigenvalue weighted by atomic mass is 16.5. The molecule has 7 heteroatoms. The molecule has 7 nitrogen and oxygen atoms in total. The van der Waals surface area contributed by atoms with E-state index in [1.807, 2.05) is 24.3 Å². The summed E-state index contributed by atoms with van der Waals surface area (Å²) < 4.78 is 12.0. The molecule has 0 atom stereocenters. The maximum absolute atomic E-state index is 11.4. The minimum Gasteiger partial charge on any atom is -0.491 e. The summed E-state index contributed by atoms with van der Waals surface area (Å²) in [7, 11) is 0. The third-order valence-electron chi connectivity index (χ3n) is 6.96. The average Bonchev–Trinajstić information content (AvgIpc) is 3.01. The van der Waals surface area contributed by atoms with Gasteiger partial charge in [0.15, 0.2) is 0 Å². The Balaban J connectivity index is 1.13. The molecule has 0 saturated carbocycles. The van der Waals surface area contributed by atoms with Crippen molar-refractivity contribution in [1.29, 1.82) is 0 Å². The molecule has 1 aromatic heterocycles. The van der Waals surface area contributed by atoms with Crippen LogP contribution in [0.3, 0.4) is 0 Å². The molecule has 2 aromatic carbocycles. The molecule has 0 radical (unpaired) electrons. The standard InChI is InChI=1S/C27H34N4O3/c28-27(32)29-26-22(21-10-1-2-13-24(21)34-26)11-3-5-14-30-15-17-31(18-16-30)23-12-7-9-20-8-4-6-19-33-25(20)23/h1-2,7,9-10,12-13H,3-6,8,11,14-19H2,(H3,28,29,32). The van der Waals surface area contributed by atoms with Gasteiger partial charge in [-0.15, -0.1) is 0 Å². The minimum atomic E-state index is -0.598. The molecule has 3 N–H and O–H groups in total. The molecule has 0 spiro atoms. The van der Waals surface area contributed by atoms with Gasteiger partial charge < -0.3 is 19.8 Å². The molecule has 1 fully saturated rings. The van der Waals surface area contributed by atoms with Gasteiger partial charge in [0.05, 0.1) is 12.3 Å². The summed E-state index contributed by atoms with van der Waals surface area (Å²) in [4.78, 5) is 16.4. The number of para-hydroxylation sites is 2. The van der Waals surface area contributed by atoms with Crippen LogP contribution in [0.15, 0.2) is 46.9 Å². The number of aryl methyl sites for hydroxylation is 2. The fourth-order valence-corrected chi connectivity index (χ4v) is 5.18. The fraction of sp³-hybridized carbons (Fsp3) is 0.444. The van der Waals surface area contributed by atoms with Crippen LogP contribution in [0.4, 0.5) is 16.4 Å². The van der Waals surface area contributed by atoms with E-state index in [9.17, 15) is 4.79 Å². The number of carbonyl (C=O) groups is 1. The first-order chi connectivity index (χ1) is 16.7. The van der Waals surface area contributed by atoms with Crippen LogP contribution in [0.25, 0.3) is 11.0 Å². The number of urea groups is 1. The van der Waals surface area contributed by atoms with Gasteiger partial charge in [0.25, 0.3) is 0 Å². The summed E-state index contributed by atoms with van der Waals surface area (Å²) in [5.74, 6) is 1.59. The number of hydrogen-bond donors (Lipinski definition) is 2.